The number of hydrogen-bond acceptors (Lipinski definition) is 1. The van der Waals surface area contributed by atoms with Crippen LogP contribution in [0.3, 0.4) is 0 Å². The summed E-state index contributed by atoms with van der Waals surface area (Å²) in [6, 6.07) is 10.2. The average Bonchev–Trinajstić information content (AvgIpc) is 2.68. The molecule has 0 radical (unpaired) electrons. The van der Waals surface area contributed by atoms with E-state index in [0.29, 0.717) is 0 Å². The van der Waals surface area contributed by atoms with Crippen LogP contribution in [0.4, 0.5) is 0 Å². The highest BCUT2D eigenvalue weighted by Gasteiger charge is 2.07. The van der Waals surface area contributed by atoms with Crippen molar-refractivity contribution < 1.29 is 0 Å². The van der Waals surface area contributed by atoms with E-state index in [-0.39, 0.29) is 5.69 Å². The molecule has 90 valence electrons. The van der Waals surface area contributed by atoms with Gasteiger partial charge in [-0.1, -0.05) is 43.7 Å². The standard InChI is InChI=1S/C14H18N2O/c1-2-3-9-12-13(16-14(17)15-12)10-11-7-5-4-6-8-11/h4-8H,2-3,9-10H2,1H3,(H2,15,16,17). The molecular formula is C14H18N2O. The SMILES string of the molecule is CCCCc1[nH]c(=O)[nH]c1Cc1ccccc1. The van der Waals surface area contributed by atoms with Crippen LogP contribution in [0, 0.1) is 0 Å². The fraction of sp³-hybridized carbons (Fsp3) is 0.357. The van der Waals surface area contributed by atoms with Gasteiger partial charge in [-0.15, -0.1) is 0 Å². The van der Waals surface area contributed by atoms with Crippen molar-refractivity contribution in [3.63, 3.8) is 0 Å². The molecule has 17 heavy (non-hydrogen) atoms. The van der Waals surface area contributed by atoms with E-state index >= 15 is 0 Å². The van der Waals surface area contributed by atoms with Crippen LogP contribution in [0.5, 0.6) is 0 Å². The second-order valence-electron chi connectivity index (χ2n) is 4.30. The van der Waals surface area contributed by atoms with Crippen molar-refractivity contribution in [3.8, 4) is 0 Å². The fourth-order valence-corrected chi connectivity index (χ4v) is 1.97. The van der Waals surface area contributed by atoms with Crippen molar-refractivity contribution in [2.45, 2.75) is 32.6 Å². The van der Waals surface area contributed by atoms with E-state index in [2.05, 4.69) is 29.0 Å². The third-order valence-corrected chi connectivity index (χ3v) is 2.90. The zero-order valence-corrected chi connectivity index (χ0v) is 10.1. The molecule has 0 saturated heterocycles. The lowest BCUT2D eigenvalue weighted by Crippen LogP contribution is -2.01. The summed E-state index contributed by atoms with van der Waals surface area (Å²) in [5.74, 6) is 0. The Hall–Kier alpha value is -1.77. The molecule has 2 rings (SSSR count). The van der Waals surface area contributed by atoms with Crippen LogP contribution in [0.25, 0.3) is 0 Å². The highest BCUT2D eigenvalue weighted by molar-refractivity contribution is 5.24. The van der Waals surface area contributed by atoms with Crippen LogP contribution in [0.1, 0.15) is 36.7 Å². The number of aromatic amines is 2. The first-order valence-corrected chi connectivity index (χ1v) is 6.13. The summed E-state index contributed by atoms with van der Waals surface area (Å²) < 4.78 is 0. The van der Waals surface area contributed by atoms with E-state index in [1.54, 1.807) is 0 Å². The van der Waals surface area contributed by atoms with E-state index in [1.165, 1.54) is 5.56 Å². The van der Waals surface area contributed by atoms with Gasteiger partial charge in [0, 0.05) is 17.8 Å². The van der Waals surface area contributed by atoms with Gasteiger partial charge < -0.3 is 9.97 Å². The number of unbranched alkanes of at least 4 members (excludes halogenated alkanes) is 1. The first-order chi connectivity index (χ1) is 8.29. The Balaban J connectivity index is 2.17. The van der Waals surface area contributed by atoms with Gasteiger partial charge in [-0.3, -0.25) is 0 Å². The first kappa shape index (κ1) is 11.7. The van der Waals surface area contributed by atoms with Gasteiger partial charge in [-0.2, -0.15) is 0 Å². The van der Waals surface area contributed by atoms with Gasteiger partial charge in [0.15, 0.2) is 0 Å². The number of aromatic nitrogens is 2. The molecule has 3 nitrogen and oxygen atoms in total. The van der Waals surface area contributed by atoms with Gasteiger partial charge in [-0.25, -0.2) is 4.79 Å². The Morgan fingerprint density at radius 1 is 1.06 bits per heavy atom. The predicted octanol–water partition coefficient (Wildman–Crippen LogP) is 2.64. The molecule has 0 unspecified atom stereocenters. The minimum Gasteiger partial charge on any atom is -0.310 e. The summed E-state index contributed by atoms with van der Waals surface area (Å²) in [6.45, 7) is 2.15. The van der Waals surface area contributed by atoms with E-state index in [9.17, 15) is 4.79 Å². The first-order valence-electron chi connectivity index (χ1n) is 6.13. The van der Waals surface area contributed by atoms with Crippen molar-refractivity contribution in [2.75, 3.05) is 0 Å². The number of nitrogens with one attached hydrogen (secondary N) is 2. The molecule has 1 aromatic carbocycles. The average molecular weight is 230 g/mol. The zero-order valence-electron chi connectivity index (χ0n) is 10.1. The molecule has 0 amide bonds. The number of benzene rings is 1. The van der Waals surface area contributed by atoms with E-state index in [0.717, 1.165) is 37.1 Å². The molecule has 1 aromatic heterocycles. The topological polar surface area (TPSA) is 48.6 Å². The summed E-state index contributed by atoms with van der Waals surface area (Å²) in [5.41, 5.74) is 3.21. The lowest BCUT2D eigenvalue weighted by molar-refractivity contribution is 0.772. The van der Waals surface area contributed by atoms with Gasteiger partial charge in [-0.05, 0) is 18.4 Å². The Kier molecular flexibility index (Phi) is 3.81. The molecule has 1 heterocycles. The maximum atomic E-state index is 11.4. The van der Waals surface area contributed by atoms with Crippen molar-refractivity contribution in [3.05, 3.63) is 57.8 Å². The molecule has 0 saturated carbocycles. The summed E-state index contributed by atoms with van der Waals surface area (Å²) in [6.07, 6.45) is 3.98. The highest BCUT2D eigenvalue weighted by atomic mass is 16.1. The monoisotopic (exact) mass is 230 g/mol. The van der Waals surface area contributed by atoms with E-state index in [4.69, 9.17) is 0 Å². The Morgan fingerprint density at radius 3 is 2.47 bits per heavy atom. The molecule has 0 spiro atoms. The van der Waals surface area contributed by atoms with Crippen LogP contribution in [0.2, 0.25) is 0 Å². The van der Waals surface area contributed by atoms with Gasteiger partial charge in [0.2, 0.25) is 0 Å². The lowest BCUT2D eigenvalue weighted by Gasteiger charge is -2.02. The molecule has 0 atom stereocenters. The summed E-state index contributed by atoms with van der Waals surface area (Å²) in [5, 5.41) is 0. The van der Waals surface area contributed by atoms with Crippen molar-refractivity contribution in [2.24, 2.45) is 0 Å². The maximum Gasteiger partial charge on any atom is 0.323 e. The minimum atomic E-state index is -0.0953. The Bertz CT molecular complexity index is 511. The molecule has 2 aromatic rings. The van der Waals surface area contributed by atoms with Crippen molar-refractivity contribution in [1.29, 1.82) is 0 Å². The Morgan fingerprint density at radius 2 is 1.76 bits per heavy atom. The zero-order chi connectivity index (χ0) is 12.1. The fourth-order valence-electron chi connectivity index (χ4n) is 1.97. The molecule has 3 heteroatoms. The van der Waals surface area contributed by atoms with Crippen LogP contribution >= 0.6 is 0 Å². The van der Waals surface area contributed by atoms with Gasteiger partial charge in [0.25, 0.3) is 0 Å². The molecule has 2 N–H and O–H groups in total. The minimum absolute atomic E-state index is 0.0953. The predicted molar refractivity (Wildman–Crippen MR) is 69.3 cm³/mol. The quantitative estimate of drug-likeness (QED) is 0.815. The molecule has 0 aliphatic rings. The van der Waals surface area contributed by atoms with Gasteiger partial charge in [0.1, 0.15) is 0 Å². The van der Waals surface area contributed by atoms with Crippen LogP contribution < -0.4 is 5.69 Å². The third-order valence-electron chi connectivity index (χ3n) is 2.90. The number of hydrogen-bond donors (Lipinski definition) is 2. The number of aryl methyl sites for hydroxylation is 1. The van der Waals surface area contributed by atoms with Crippen molar-refractivity contribution >= 4 is 0 Å². The van der Waals surface area contributed by atoms with Crippen molar-refractivity contribution in [1.82, 2.24) is 9.97 Å². The van der Waals surface area contributed by atoms with Crippen LogP contribution in [-0.2, 0) is 12.8 Å². The molecule has 0 aliphatic heterocycles. The molecule has 0 bridgehead atoms. The Labute approximate surface area is 101 Å². The largest absolute Gasteiger partial charge is 0.323 e. The van der Waals surface area contributed by atoms with Gasteiger partial charge >= 0.3 is 5.69 Å². The lowest BCUT2D eigenvalue weighted by atomic mass is 10.1. The number of imidazole rings is 1. The summed E-state index contributed by atoms with van der Waals surface area (Å²) in [4.78, 5) is 17.1. The van der Waals surface area contributed by atoms with Crippen LogP contribution in [0.15, 0.2) is 35.1 Å². The normalized spacial score (nSPS) is 10.6. The molecule has 0 aliphatic carbocycles. The molecule has 0 fully saturated rings. The summed E-state index contributed by atoms with van der Waals surface area (Å²) >= 11 is 0. The number of rotatable bonds is 5. The summed E-state index contributed by atoms with van der Waals surface area (Å²) in [7, 11) is 0. The third kappa shape index (κ3) is 3.09. The van der Waals surface area contributed by atoms with Gasteiger partial charge in [0.05, 0.1) is 0 Å². The molecular weight excluding hydrogens is 212 g/mol. The second kappa shape index (κ2) is 5.53. The number of H-pyrrole nitrogens is 2. The second-order valence-corrected chi connectivity index (χ2v) is 4.30. The highest BCUT2D eigenvalue weighted by Crippen LogP contribution is 2.11. The van der Waals surface area contributed by atoms with E-state index in [1.807, 2.05) is 18.2 Å². The maximum absolute atomic E-state index is 11.4. The van der Waals surface area contributed by atoms with E-state index < -0.39 is 0 Å². The van der Waals surface area contributed by atoms with Crippen LogP contribution in [-0.4, -0.2) is 9.97 Å². The smallest absolute Gasteiger partial charge is 0.310 e.